The van der Waals surface area contributed by atoms with Crippen molar-refractivity contribution in [1.29, 1.82) is 0 Å². The molecule has 19 heavy (non-hydrogen) atoms. The number of carboxylic acid groups (broad SMARTS) is 1. The van der Waals surface area contributed by atoms with Crippen LogP contribution >= 0.6 is 11.8 Å². The third-order valence-corrected chi connectivity index (χ3v) is 5.89. The monoisotopic (exact) mass is 285 g/mol. The van der Waals surface area contributed by atoms with Gasteiger partial charge in [0.05, 0.1) is 5.37 Å². The maximum Gasteiger partial charge on any atom is 0.327 e. The Balaban J connectivity index is 2.20. The second kappa shape index (κ2) is 5.73. The summed E-state index contributed by atoms with van der Waals surface area (Å²) in [6, 6.07) is -0.638. The van der Waals surface area contributed by atoms with E-state index >= 15 is 0 Å². The van der Waals surface area contributed by atoms with Crippen molar-refractivity contribution in [3.63, 3.8) is 0 Å². The number of carboxylic acids is 1. The summed E-state index contributed by atoms with van der Waals surface area (Å²) in [4.78, 5) is 25.9. The number of nitrogens with zero attached hydrogens (tertiary/aromatic N) is 1. The van der Waals surface area contributed by atoms with Gasteiger partial charge in [-0.15, -0.1) is 11.8 Å². The quantitative estimate of drug-likeness (QED) is 0.866. The lowest BCUT2D eigenvalue weighted by atomic mass is 9.74. The summed E-state index contributed by atoms with van der Waals surface area (Å²) < 4.78 is 0. The molecule has 1 saturated heterocycles. The minimum absolute atomic E-state index is 0.0346. The van der Waals surface area contributed by atoms with E-state index in [-0.39, 0.29) is 16.7 Å². The maximum absolute atomic E-state index is 12.9. The molecule has 1 amide bonds. The number of amides is 1. The van der Waals surface area contributed by atoms with Crippen LogP contribution in [-0.2, 0) is 9.59 Å². The molecule has 0 radical (unpaired) electrons. The predicted molar refractivity (Wildman–Crippen MR) is 76.0 cm³/mol. The Kier molecular flexibility index (Phi) is 4.43. The normalized spacial score (nSPS) is 30.3. The van der Waals surface area contributed by atoms with Crippen LogP contribution < -0.4 is 0 Å². The Bertz CT molecular complexity index is 366. The highest BCUT2D eigenvalue weighted by Crippen LogP contribution is 2.41. The van der Waals surface area contributed by atoms with Gasteiger partial charge in [-0.3, -0.25) is 4.79 Å². The van der Waals surface area contributed by atoms with Gasteiger partial charge in [-0.1, -0.05) is 33.1 Å². The van der Waals surface area contributed by atoms with Crippen LogP contribution in [0.4, 0.5) is 0 Å². The fourth-order valence-electron chi connectivity index (χ4n) is 3.20. The summed E-state index contributed by atoms with van der Waals surface area (Å²) in [5.41, 5.74) is -0.343. The molecule has 5 heteroatoms. The molecule has 0 bridgehead atoms. The molecule has 0 aromatic carbocycles. The molecule has 2 unspecified atom stereocenters. The molecule has 2 rings (SSSR count). The molecular formula is C14H23NO3S. The van der Waals surface area contributed by atoms with E-state index in [9.17, 15) is 14.7 Å². The summed E-state index contributed by atoms with van der Waals surface area (Å²) in [5.74, 6) is -0.275. The summed E-state index contributed by atoms with van der Waals surface area (Å²) >= 11 is 1.60. The van der Waals surface area contributed by atoms with Crippen molar-refractivity contribution in [1.82, 2.24) is 4.90 Å². The van der Waals surface area contributed by atoms with E-state index in [1.807, 2.05) is 13.8 Å². The third-order valence-electron chi connectivity index (χ3n) is 4.43. The molecular weight excluding hydrogens is 262 g/mol. The second-order valence-corrected chi connectivity index (χ2v) is 7.09. The van der Waals surface area contributed by atoms with Crippen molar-refractivity contribution in [2.24, 2.45) is 5.41 Å². The smallest absolute Gasteiger partial charge is 0.327 e. The fourth-order valence-corrected chi connectivity index (χ4v) is 4.54. The van der Waals surface area contributed by atoms with Crippen molar-refractivity contribution >= 4 is 23.6 Å². The van der Waals surface area contributed by atoms with Crippen molar-refractivity contribution in [3.8, 4) is 0 Å². The molecule has 2 aliphatic rings. The zero-order chi connectivity index (χ0) is 14.0. The highest BCUT2D eigenvalue weighted by molar-refractivity contribution is 8.00. The molecule has 0 aromatic heterocycles. The minimum atomic E-state index is -0.865. The van der Waals surface area contributed by atoms with E-state index in [0.29, 0.717) is 5.75 Å². The van der Waals surface area contributed by atoms with Crippen molar-refractivity contribution < 1.29 is 14.7 Å². The van der Waals surface area contributed by atoms with Gasteiger partial charge in [0.15, 0.2) is 0 Å². The van der Waals surface area contributed by atoms with Gasteiger partial charge in [-0.2, -0.15) is 0 Å². The Morgan fingerprint density at radius 2 is 1.95 bits per heavy atom. The first-order valence-electron chi connectivity index (χ1n) is 7.17. The van der Waals surface area contributed by atoms with Crippen LogP contribution in [-0.4, -0.2) is 39.1 Å². The van der Waals surface area contributed by atoms with Crippen molar-refractivity contribution in [2.45, 2.75) is 63.8 Å². The molecule has 1 saturated carbocycles. The topological polar surface area (TPSA) is 57.6 Å². The van der Waals surface area contributed by atoms with E-state index in [2.05, 4.69) is 0 Å². The molecule has 2 fully saturated rings. The van der Waals surface area contributed by atoms with Crippen LogP contribution in [0.15, 0.2) is 0 Å². The summed E-state index contributed by atoms with van der Waals surface area (Å²) in [7, 11) is 0. The Morgan fingerprint density at radius 3 is 2.47 bits per heavy atom. The van der Waals surface area contributed by atoms with Gasteiger partial charge in [-0.25, -0.2) is 4.79 Å². The van der Waals surface area contributed by atoms with Crippen LogP contribution in [0.1, 0.15) is 52.4 Å². The highest BCUT2D eigenvalue weighted by atomic mass is 32.2. The number of thioether (sulfide) groups is 1. The van der Waals surface area contributed by atoms with E-state index in [1.54, 1.807) is 16.7 Å². The first kappa shape index (κ1) is 14.7. The lowest BCUT2D eigenvalue weighted by Crippen LogP contribution is -2.51. The molecule has 1 heterocycles. The molecule has 0 aromatic rings. The number of rotatable bonds is 3. The SMILES string of the molecule is CCC1SCC(C(=O)O)N1C(=O)C1(C)CCCCC1. The molecule has 0 spiro atoms. The zero-order valence-corrected chi connectivity index (χ0v) is 12.5. The molecule has 1 aliphatic carbocycles. The largest absolute Gasteiger partial charge is 0.480 e. The van der Waals surface area contributed by atoms with Crippen LogP contribution in [0.2, 0.25) is 0 Å². The van der Waals surface area contributed by atoms with Gasteiger partial charge in [0.1, 0.15) is 6.04 Å². The third kappa shape index (κ3) is 2.76. The van der Waals surface area contributed by atoms with Crippen LogP contribution in [0.25, 0.3) is 0 Å². The Labute approximate surface area is 118 Å². The van der Waals surface area contributed by atoms with Gasteiger partial charge in [0.25, 0.3) is 0 Å². The molecule has 2 atom stereocenters. The predicted octanol–water partition coefficient (Wildman–Crippen LogP) is 2.72. The molecule has 1 N–H and O–H groups in total. The fraction of sp³-hybridized carbons (Fsp3) is 0.857. The van der Waals surface area contributed by atoms with Crippen molar-refractivity contribution in [2.75, 3.05) is 5.75 Å². The summed E-state index contributed by atoms with van der Waals surface area (Å²) in [6.07, 6.45) is 5.97. The van der Waals surface area contributed by atoms with Gasteiger partial charge in [-0.05, 0) is 19.3 Å². The molecule has 4 nitrogen and oxygen atoms in total. The van der Waals surface area contributed by atoms with Crippen LogP contribution in [0, 0.1) is 5.41 Å². The van der Waals surface area contributed by atoms with Crippen LogP contribution in [0.5, 0.6) is 0 Å². The average molecular weight is 285 g/mol. The van der Waals surface area contributed by atoms with Gasteiger partial charge >= 0.3 is 5.97 Å². The highest BCUT2D eigenvalue weighted by Gasteiger charge is 2.47. The first-order valence-corrected chi connectivity index (χ1v) is 8.21. The Morgan fingerprint density at radius 1 is 1.32 bits per heavy atom. The first-order chi connectivity index (χ1) is 8.99. The number of aliphatic carboxylic acids is 1. The lowest BCUT2D eigenvalue weighted by molar-refractivity contribution is -0.155. The number of carbonyl (C=O) groups is 2. The Hall–Kier alpha value is -0.710. The zero-order valence-electron chi connectivity index (χ0n) is 11.7. The standard InChI is InChI=1S/C14H23NO3S/c1-3-11-15(10(9-19-11)12(16)17)13(18)14(2)7-5-4-6-8-14/h10-11H,3-9H2,1-2H3,(H,16,17). The van der Waals surface area contributed by atoms with Gasteiger partial charge in [0, 0.05) is 11.2 Å². The van der Waals surface area contributed by atoms with E-state index < -0.39 is 12.0 Å². The molecule has 108 valence electrons. The number of hydrogen-bond donors (Lipinski definition) is 1. The average Bonchev–Trinajstić information content (AvgIpc) is 2.82. The van der Waals surface area contributed by atoms with Gasteiger partial charge in [0.2, 0.25) is 5.91 Å². The van der Waals surface area contributed by atoms with Crippen LogP contribution in [0.3, 0.4) is 0 Å². The van der Waals surface area contributed by atoms with Crippen molar-refractivity contribution in [3.05, 3.63) is 0 Å². The van der Waals surface area contributed by atoms with Gasteiger partial charge < -0.3 is 10.0 Å². The lowest BCUT2D eigenvalue weighted by Gasteiger charge is -2.38. The summed E-state index contributed by atoms with van der Waals surface area (Å²) in [5, 5.41) is 9.36. The van der Waals surface area contributed by atoms with E-state index in [0.717, 1.165) is 32.1 Å². The summed E-state index contributed by atoms with van der Waals surface area (Å²) in [6.45, 7) is 4.04. The number of carbonyl (C=O) groups excluding carboxylic acids is 1. The second-order valence-electron chi connectivity index (χ2n) is 5.88. The maximum atomic E-state index is 12.9. The molecule has 1 aliphatic heterocycles. The van der Waals surface area contributed by atoms with E-state index in [1.165, 1.54) is 6.42 Å². The number of hydrogen-bond acceptors (Lipinski definition) is 3. The van der Waals surface area contributed by atoms with E-state index in [4.69, 9.17) is 0 Å². The minimum Gasteiger partial charge on any atom is -0.480 e.